The van der Waals surface area contributed by atoms with Gasteiger partial charge in [-0.3, -0.25) is 0 Å². The van der Waals surface area contributed by atoms with E-state index in [0.29, 0.717) is 6.04 Å². The van der Waals surface area contributed by atoms with Gasteiger partial charge in [-0.15, -0.1) is 0 Å². The molecule has 3 nitrogen and oxygen atoms in total. The summed E-state index contributed by atoms with van der Waals surface area (Å²) in [6.07, 6.45) is 3.51. The Kier molecular flexibility index (Phi) is 2.22. The molecule has 0 radical (unpaired) electrons. The molecule has 100 valence electrons. The van der Waals surface area contributed by atoms with Crippen molar-refractivity contribution in [2.24, 2.45) is 0 Å². The van der Waals surface area contributed by atoms with Gasteiger partial charge in [-0.05, 0) is 26.0 Å². The average molecular weight is 263 g/mol. The number of fused-ring (bicyclic) bond motifs is 2. The molecule has 0 amide bonds. The van der Waals surface area contributed by atoms with Gasteiger partial charge in [-0.2, -0.15) is 0 Å². The SMILES string of the molecule is CC(C)n1[c-][n+]2c3c(cccc31)N(C)c1ccccc1-2. The molecule has 0 N–H and O–H groups in total. The summed E-state index contributed by atoms with van der Waals surface area (Å²) in [7, 11) is 2.13. The Morgan fingerprint density at radius 1 is 1.00 bits per heavy atom. The molecule has 0 unspecified atom stereocenters. The zero-order valence-electron chi connectivity index (χ0n) is 12.0. The first-order valence-electron chi connectivity index (χ1n) is 7.00. The van der Waals surface area contributed by atoms with Gasteiger partial charge in [0.25, 0.3) is 0 Å². The highest BCUT2D eigenvalue weighted by molar-refractivity contribution is 5.92. The molecule has 1 aromatic heterocycles. The summed E-state index contributed by atoms with van der Waals surface area (Å²) in [6, 6.07) is 15.3. The maximum atomic E-state index is 3.51. The highest BCUT2D eigenvalue weighted by Gasteiger charge is 2.23. The molecule has 0 aliphatic carbocycles. The maximum absolute atomic E-state index is 3.51. The van der Waals surface area contributed by atoms with E-state index in [0.717, 1.165) is 0 Å². The molecule has 2 heterocycles. The molecular weight excluding hydrogens is 246 g/mol. The lowest BCUT2D eigenvalue weighted by molar-refractivity contribution is -0.572. The van der Waals surface area contributed by atoms with Crippen LogP contribution in [0.1, 0.15) is 19.9 Å². The number of rotatable bonds is 1. The van der Waals surface area contributed by atoms with Crippen molar-refractivity contribution >= 4 is 22.4 Å². The number of nitrogens with zero attached hydrogens (tertiary/aromatic N) is 3. The van der Waals surface area contributed by atoms with Crippen LogP contribution in [0.2, 0.25) is 0 Å². The van der Waals surface area contributed by atoms with Gasteiger partial charge in [0.1, 0.15) is 0 Å². The van der Waals surface area contributed by atoms with Crippen molar-refractivity contribution in [1.29, 1.82) is 0 Å². The zero-order valence-corrected chi connectivity index (χ0v) is 12.0. The summed E-state index contributed by atoms with van der Waals surface area (Å²) < 4.78 is 4.41. The molecule has 2 aromatic carbocycles. The molecule has 3 heteroatoms. The van der Waals surface area contributed by atoms with Gasteiger partial charge in [0, 0.05) is 18.4 Å². The Morgan fingerprint density at radius 3 is 2.55 bits per heavy atom. The van der Waals surface area contributed by atoms with E-state index in [1.54, 1.807) is 0 Å². The molecule has 0 saturated heterocycles. The van der Waals surface area contributed by atoms with E-state index in [1.807, 2.05) is 0 Å². The molecule has 0 atom stereocenters. The third-order valence-corrected chi connectivity index (χ3v) is 4.05. The molecule has 0 bridgehead atoms. The van der Waals surface area contributed by atoms with E-state index in [4.69, 9.17) is 0 Å². The summed E-state index contributed by atoms with van der Waals surface area (Å²) in [5, 5.41) is 0. The molecule has 4 rings (SSSR count). The van der Waals surface area contributed by atoms with Crippen LogP contribution in [0.3, 0.4) is 0 Å². The predicted octanol–water partition coefficient (Wildman–Crippen LogP) is 3.38. The van der Waals surface area contributed by atoms with Crippen LogP contribution in [0, 0.1) is 6.33 Å². The smallest absolute Gasteiger partial charge is 0.244 e. The first-order valence-corrected chi connectivity index (χ1v) is 7.00. The fraction of sp³-hybridized carbons (Fsp3) is 0.235. The Hall–Kier alpha value is -2.29. The number of hydrogen-bond acceptors (Lipinski definition) is 1. The van der Waals surface area contributed by atoms with Crippen LogP contribution in [0.25, 0.3) is 16.7 Å². The highest BCUT2D eigenvalue weighted by atomic mass is 15.2. The second-order valence-corrected chi connectivity index (χ2v) is 5.59. The fourth-order valence-corrected chi connectivity index (χ4v) is 3.06. The minimum Gasteiger partial charge on any atom is -0.354 e. The second-order valence-electron chi connectivity index (χ2n) is 5.59. The Balaban J connectivity index is 2.18. The molecular formula is C17H17N3. The largest absolute Gasteiger partial charge is 0.354 e. The van der Waals surface area contributed by atoms with E-state index < -0.39 is 0 Å². The van der Waals surface area contributed by atoms with Crippen molar-refractivity contribution in [3.63, 3.8) is 0 Å². The first-order chi connectivity index (χ1) is 9.68. The van der Waals surface area contributed by atoms with Crippen LogP contribution in [0.4, 0.5) is 11.4 Å². The number of imidazole rings is 1. The van der Waals surface area contributed by atoms with Gasteiger partial charge in [-0.25, -0.2) is 0 Å². The summed E-state index contributed by atoms with van der Waals surface area (Å²) in [5.74, 6) is 0. The van der Waals surface area contributed by atoms with Crippen molar-refractivity contribution in [3.05, 3.63) is 48.8 Å². The van der Waals surface area contributed by atoms with Crippen molar-refractivity contribution in [2.75, 3.05) is 11.9 Å². The van der Waals surface area contributed by atoms with Gasteiger partial charge in [0.15, 0.2) is 0 Å². The average Bonchev–Trinajstić information content (AvgIpc) is 2.86. The third-order valence-electron chi connectivity index (χ3n) is 4.05. The number of benzene rings is 2. The Morgan fingerprint density at radius 2 is 1.75 bits per heavy atom. The van der Waals surface area contributed by atoms with Gasteiger partial charge < -0.3 is 14.0 Å². The monoisotopic (exact) mass is 263 g/mol. The second kappa shape index (κ2) is 3.85. The molecule has 0 fully saturated rings. The molecule has 0 spiro atoms. The number of para-hydroxylation sites is 3. The van der Waals surface area contributed by atoms with E-state index in [-0.39, 0.29) is 0 Å². The van der Waals surface area contributed by atoms with Crippen molar-refractivity contribution in [2.45, 2.75) is 19.9 Å². The Labute approximate surface area is 118 Å². The molecule has 0 saturated carbocycles. The predicted molar refractivity (Wildman–Crippen MR) is 80.8 cm³/mol. The Bertz CT molecular complexity index is 814. The third kappa shape index (κ3) is 1.32. The van der Waals surface area contributed by atoms with Crippen molar-refractivity contribution < 1.29 is 4.57 Å². The van der Waals surface area contributed by atoms with Gasteiger partial charge in [0.2, 0.25) is 6.33 Å². The van der Waals surface area contributed by atoms with E-state index in [2.05, 4.69) is 83.7 Å². The lowest BCUT2D eigenvalue weighted by atomic mass is 10.1. The standard InChI is InChI=1S/C17H17N3/c1-12(2)19-11-20-14-8-5-4-7-13(14)18(3)15-9-6-10-16(19)17(15)20/h4-10,12H,1-3H3. The molecule has 3 aromatic rings. The lowest BCUT2D eigenvalue weighted by Crippen LogP contribution is -2.36. The first kappa shape index (κ1) is 11.5. The van der Waals surface area contributed by atoms with E-state index in [9.17, 15) is 0 Å². The topological polar surface area (TPSA) is 12.0 Å². The van der Waals surface area contributed by atoms with Crippen LogP contribution in [0.15, 0.2) is 42.5 Å². The van der Waals surface area contributed by atoms with Gasteiger partial charge >= 0.3 is 0 Å². The van der Waals surface area contributed by atoms with Crippen LogP contribution in [0.5, 0.6) is 0 Å². The van der Waals surface area contributed by atoms with Crippen LogP contribution in [-0.4, -0.2) is 11.6 Å². The summed E-state index contributed by atoms with van der Waals surface area (Å²) in [6.45, 7) is 4.39. The fourth-order valence-electron chi connectivity index (χ4n) is 3.06. The van der Waals surface area contributed by atoms with E-state index >= 15 is 0 Å². The van der Waals surface area contributed by atoms with Gasteiger partial charge in [-0.1, -0.05) is 30.3 Å². The van der Waals surface area contributed by atoms with Crippen LogP contribution in [-0.2, 0) is 0 Å². The summed E-state index contributed by atoms with van der Waals surface area (Å²) >= 11 is 0. The van der Waals surface area contributed by atoms with Gasteiger partial charge in [0.05, 0.1) is 22.8 Å². The minimum absolute atomic E-state index is 0.393. The van der Waals surface area contributed by atoms with Crippen molar-refractivity contribution in [1.82, 2.24) is 4.57 Å². The molecule has 1 aliphatic rings. The number of anilines is 2. The molecule has 20 heavy (non-hydrogen) atoms. The number of hydrogen-bond donors (Lipinski definition) is 0. The maximum Gasteiger partial charge on any atom is 0.244 e. The normalized spacial score (nSPS) is 13.1. The zero-order chi connectivity index (χ0) is 13.9. The lowest BCUT2D eigenvalue weighted by Gasteiger charge is -2.30. The van der Waals surface area contributed by atoms with Crippen molar-refractivity contribution in [3.8, 4) is 5.69 Å². The van der Waals surface area contributed by atoms with Crippen LogP contribution >= 0.6 is 0 Å². The number of aromatic nitrogens is 2. The van der Waals surface area contributed by atoms with Crippen LogP contribution < -0.4 is 9.47 Å². The summed E-state index contributed by atoms with van der Waals surface area (Å²) in [5.41, 5.74) is 6.12. The quantitative estimate of drug-likeness (QED) is 0.484. The minimum atomic E-state index is 0.393. The van der Waals surface area contributed by atoms with E-state index in [1.165, 1.54) is 28.1 Å². The highest BCUT2D eigenvalue weighted by Crippen LogP contribution is 2.37. The molecule has 1 aliphatic heterocycles. The summed E-state index contributed by atoms with van der Waals surface area (Å²) in [4.78, 5) is 2.26.